The van der Waals surface area contributed by atoms with E-state index in [2.05, 4.69) is 52.1 Å². The second-order valence-corrected chi connectivity index (χ2v) is 7.55. The van der Waals surface area contributed by atoms with Crippen LogP contribution in [0.1, 0.15) is 42.7 Å². The molecule has 1 aliphatic heterocycles. The average Bonchev–Trinajstić information content (AvgIpc) is 3.29. The average molecular weight is 504 g/mol. The number of thiophene rings is 1. The van der Waals surface area contributed by atoms with E-state index in [1.807, 2.05) is 4.68 Å². The summed E-state index contributed by atoms with van der Waals surface area (Å²) in [5.41, 5.74) is 0. The molecule has 2 N–H and O–H groups in total. The molecule has 2 atom stereocenters. The standard InChI is InChI=1S/C18H28N6OS.HI/c1-4-19-18(20-10-13(2)15-6-5-9-26-15)21-14-7-8-17-22-16(12-25-3)23-24(17)11-14;/h5-6,9,13-14H,4,7-8,10-12H2,1-3H3,(H2,19,20,21);1H. The van der Waals surface area contributed by atoms with E-state index in [0.29, 0.717) is 18.6 Å². The molecule has 2 aromatic rings. The van der Waals surface area contributed by atoms with E-state index in [4.69, 9.17) is 9.73 Å². The fourth-order valence-electron chi connectivity index (χ4n) is 3.07. The third-order valence-electron chi connectivity index (χ3n) is 4.41. The van der Waals surface area contributed by atoms with Crippen LogP contribution in [0.5, 0.6) is 0 Å². The number of halogens is 1. The van der Waals surface area contributed by atoms with Gasteiger partial charge in [-0.15, -0.1) is 35.3 Å². The van der Waals surface area contributed by atoms with Crippen molar-refractivity contribution in [3.63, 3.8) is 0 Å². The molecule has 0 saturated heterocycles. The molecule has 27 heavy (non-hydrogen) atoms. The van der Waals surface area contributed by atoms with Gasteiger partial charge in [0.25, 0.3) is 0 Å². The summed E-state index contributed by atoms with van der Waals surface area (Å²) in [6.45, 7) is 7.19. The van der Waals surface area contributed by atoms with Crippen molar-refractivity contribution in [1.82, 2.24) is 25.4 Å². The molecule has 3 rings (SSSR count). The van der Waals surface area contributed by atoms with E-state index in [0.717, 1.165) is 50.1 Å². The van der Waals surface area contributed by atoms with E-state index in [9.17, 15) is 0 Å². The summed E-state index contributed by atoms with van der Waals surface area (Å²) < 4.78 is 7.13. The molecule has 2 aromatic heterocycles. The predicted molar refractivity (Wildman–Crippen MR) is 120 cm³/mol. The minimum atomic E-state index is 0. The van der Waals surface area contributed by atoms with Crippen molar-refractivity contribution >= 4 is 41.3 Å². The van der Waals surface area contributed by atoms with Crippen LogP contribution >= 0.6 is 35.3 Å². The van der Waals surface area contributed by atoms with E-state index < -0.39 is 0 Å². The maximum Gasteiger partial charge on any atom is 0.191 e. The SMILES string of the molecule is CCNC(=NCC(C)c1cccs1)NC1CCc2nc(COC)nn2C1.I. The lowest BCUT2D eigenvalue weighted by Gasteiger charge is -2.25. The predicted octanol–water partition coefficient (Wildman–Crippen LogP) is 2.78. The van der Waals surface area contributed by atoms with Crippen molar-refractivity contribution in [2.45, 2.75) is 51.8 Å². The topological polar surface area (TPSA) is 76.4 Å². The molecule has 7 nitrogen and oxygen atoms in total. The molecule has 0 saturated carbocycles. The first-order valence-corrected chi connectivity index (χ1v) is 10.1. The molecule has 9 heteroatoms. The summed E-state index contributed by atoms with van der Waals surface area (Å²) in [6.07, 6.45) is 1.94. The van der Waals surface area contributed by atoms with Crippen LogP contribution in [-0.4, -0.2) is 47.0 Å². The van der Waals surface area contributed by atoms with E-state index in [1.165, 1.54) is 4.88 Å². The Hall–Kier alpha value is -1.20. The fraction of sp³-hybridized carbons (Fsp3) is 0.611. The van der Waals surface area contributed by atoms with Crippen LogP contribution in [-0.2, 0) is 24.3 Å². The fourth-order valence-corrected chi connectivity index (χ4v) is 3.85. The second-order valence-electron chi connectivity index (χ2n) is 6.58. The summed E-state index contributed by atoms with van der Waals surface area (Å²) in [7, 11) is 1.67. The molecule has 2 unspecified atom stereocenters. The van der Waals surface area contributed by atoms with Gasteiger partial charge in [0, 0.05) is 36.9 Å². The number of hydrogen-bond acceptors (Lipinski definition) is 5. The number of nitrogens with one attached hydrogen (secondary N) is 2. The first kappa shape index (κ1) is 22.1. The highest BCUT2D eigenvalue weighted by Gasteiger charge is 2.22. The Bertz CT molecular complexity index is 718. The molecule has 0 amide bonds. The van der Waals surface area contributed by atoms with Crippen molar-refractivity contribution in [1.29, 1.82) is 0 Å². The zero-order valence-electron chi connectivity index (χ0n) is 16.1. The number of methoxy groups -OCH3 is 1. The quantitative estimate of drug-likeness (QED) is 0.345. The Labute approximate surface area is 182 Å². The lowest BCUT2D eigenvalue weighted by molar-refractivity contribution is 0.177. The third-order valence-corrected chi connectivity index (χ3v) is 5.52. The minimum absolute atomic E-state index is 0. The summed E-state index contributed by atoms with van der Waals surface area (Å²) in [5, 5.41) is 13.6. The summed E-state index contributed by atoms with van der Waals surface area (Å²) in [4.78, 5) is 10.7. The van der Waals surface area contributed by atoms with Gasteiger partial charge in [-0.2, -0.15) is 5.10 Å². The number of hydrogen-bond donors (Lipinski definition) is 2. The van der Waals surface area contributed by atoms with Crippen LogP contribution in [0.2, 0.25) is 0 Å². The normalized spacial score (nSPS) is 17.7. The third kappa shape index (κ3) is 6.15. The van der Waals surface area contributed by atoms with Gasteiger partial charge in [0.15, 0.2) is 11.8 Å². The highest BCUT2D eigenvalue weighted by Crippen LogP contribution is 2.20. The summed E-state index contributed by atoms with van der Waals surface area (Å²) in [6, 6.07) is 4.57. The molecule has 1 aliphatic rings. The molecular formula is C18H29IN6OS. The number of aromatic nitrogens is 3. The van der Waals surface area contributed by atoms with E-state index >= 15 is 0 Å². The van der Waals surface area contributed by atoms with Crippen LogP contribution in [0.15, 0.2) is 22.5 Å². The Kier molecular flexibility index (Phi) is 8.97. The molecule has 3 heterocycles. The lowest BCUT2D eigenvalue weighted by Crippen LogP contribution is -2.47. The van der Waals surface area contributed by atoms with Crippen LogP contribution in [0.25, 0.3) is 0 Å². The number of rotatable bonds is 7. The molecule has 0 bridgehead atoms. The van der Waals surface area contributed by atoms with Crippen molar-refractivity contribution in [3.05, 3.63) is 34.0 Å². The van der Waals surface area contributed by atoms with Gasteiger partial charge in [-0.05, 0) is 24.8 Å². The molecule has 0 spiro atoms. The maximum absolute atomic E-state index is 5.13. The lowest BCUT2D eigenvalue weighted by atomic mass is 10.1. The number of guanidine groups is 1. The van der Waals surface area contributed by atoms with Crippen molar-refractivity contribution in [3.8, 4) is 0 Å². The smallest absolute Gasteiger partial charge is 0.191 e. The Morgan fingerprint density at radius 3 is 3.07 bits per heavy atom. The number of aryl methyl sites for hydroxylation is 1. The van der Waals surface area contributed by atoms with E-state index in [1.54, 1.807) is 18.4 Å². The number of nitrogens with zero attached hydrogens (tertiary/aromatic N) is 4. The molecule has 0 aliphatic carbocycles. The monoisotopic (exact) mass is 504 g/mol. The zero-order chi connectivity index (χ0) is 18.4. The molecule has 150 valence electrons. The number of ether oxygens (including phenoxy) is 1. The molecule has 0 fully saturated rings. The van der Waals surface area contributed by atoms with Gasteiger partial charge in [0.05, 0.1) is 13.1 Å². The van der Waals surface area contributed by atoms with Gasteiger partial charge in [-0.3, -0.25) is 4.99 Å². The highest BCUT2D eigenvalue weighted by molar-refractivity contribution is 14.0. The van der Waals surface area contributed by atoms with Crippen LogP contribution in [0, 0.1) is 0 Å². The summed E-state index contributed by atoms with van der Waals surface area (Å²) in [5.74, 6) is 3.11. The zero-order valence-corrected chi connectivity index (χ0v) is 19.3. The first-order valence-electron chi connectivity index (χ1n) is 9.19. The van der Waals surface area contributed by atoms with Gasteiger partial charge in [-0.25, -0.2) is 9.67 Å². The largest absolute Gasteiger partial charge is 0.377 e. The maximum atomic E-state index is 5.13. The van der Waals surface area contributed by atoms with Gasteiger partial charge in [-0.1, -0.05) is 13.0 Å². The van der Waals surface area contributed by atoms with E-state index in [-0.39, 0.29) is 24.0 Å². The van der Waals surface area contributed by atoms with Gasteiger partial charge in [0.2, 0.25) is 0 Å². The van der Waals surface area contributed by atoms with Crippen molar-refractivity contribution in [2.24, 2.45) is 4.99 Å². The van der Waals surface area contributed by atoms with Gasteiger partial charge >= 0.3 is 0 Å². The molecular weight excluding hydrogens is 475 g/mol. The number of fused-ring (bicyclic) bond motifs is 1. The van der Waals surface area contributed by atoms with Crippen LogP contribution in [0.4, 0.5) is 0 Å². The van der Waals surface area contributed by atoms with Gasteiger partial charge < -0.3 is 15.4 Å². The minimum Gasteiger partial charge on any atom is -0.377 e. The number of aliphatic imine (C=N–C) groups is 1. The first-order chi connectivity index (χ1) is 12.7. The second kappa shape index (κ2) is 11.0. The molecule has 0 aromatic carbocycles. The molecule has 0 radical (unpaired) electrons. The van der Waals surface area contributed by atoms with Gasteiger partial charge in [0.1, 0.15) is 12.4 Å². The Balaban J connectivity index is 0.00000261. The van der Waals surface area contributed by atoms with Crippen molar-refractivity contribution < 1.29 is 4.74 Å². The Morgan fingerprint density at radius 1 is 1.52 bits per heavy atom. The van der Waals surface area contributed by atoms with Crippen LogP contribution < -0.4 is 10.6 Å². The highest BCUT2D eigenvalue weighted by atomic mass is 127. The van der Waals surface area contributed by atoms with Crippen molar-refractivity contribution in [2.75, 3.05) is 20.2 Å². The summed E-state index contributed by atoms with van der Waals surface area (Å²) >= 11 is 1.79. The van der Waals surface area contributed by atoms with Crippen LogP contribution in [0.3, 0.4) is 0 Å². The Morgan fingerprint density at radius 2 is 2.37 bits per heavy atom.